The van der Waals surface area contributed by atoms with Crippen molar-refractivity contribution in [1.29, 1.82) is 0 Å². The summed E-state index contributed by atoms with van der Waals surface area (Å²) in [7, 11) is 1.56. The Bertz CT molecular complexity index is 971. The minimum Gasteiger partial charge on any atom is -0.497 e. The van der Waals surface area contributed by atoms with E-state index in [1.54, 1.807) is 74.0 Å². The second-order valence-corrected chi connectivity index (χ2v) is 5.65. The number of carbonyl (C=O) groups excluding carboxylic acids is 2. The van der Waals surface area contributed by atoms with Crippen LogP contribution in [0.5, 0.6) is 5.75 Å². The van der Waals surface area contributed by atoms with E-state index in [0.717, 1.165) is 0 Å². The fraction of sp³-hybridized carbons (Fsp3) is 0.0500. The number of nitrogens with one attached hydrogen (secondary N) is 2. The maximum Gasteiger partial charge on any atom is 0.256 e. The molecule has 3 rings (SSSR count). The van der Waals surface area contributed by atoms with Gasteiger partial charge in [0.1, 0.15) is 11.6 Å². The number of aromatic nitrogens is 1. The molecule has 0 radical (unpaired) electrons. The normalized spacial score (nSPS) is 10.1. The van der Waals surface area contributed by atoms with E-state index in [9.17, 15) is 9.59 Å². The number of rotatable bonds is 6. The van der Waals surface area contributed by atoms with Crippen molar-refractivity contribution in [3.63, 3.8) is 0 Å². The van der Waals surface area contributed by atoms with Gasteiger partial charge in [-0.2, -0.15) is 0 Å². The molecule has 27 heavy (non-hydrogen) atoms. The van der Waals surface area contributed by atoms with Crippen molar-refractivity contribution in [2.45, 2.75) is 0 Å². The van der Waals surface area contributed by atoms with Gasteiger partial charge < -0.3 is 21.1 Å². The fourth-order valence-electron chi connectivity index (χ4n) is 2.47. The molecule has 3 aromatic rings. The molecular formula is C20H18N4O3. The van der Waals surface area contributed by atoms with E-state index in [4.69, 9.17) is 10.5 Å². The Hall–Kier alpha value is -3.87. The Balaban J connectivity index is 1.75. The first-order valence-corrected chi connectivity index (χ1v) is 8.14. The molecule has 0 atom stereocenters. The van der Waals surface area contributed by atoms with Crippen LogP contribution in [0.15, 0.2) is 66.9 Å². The maximum absolute atomic E-state index is 12.4. The van der Waals surface area contributed by atoms with Crippen LogP contribution < -0.4 is 21.1 Å². The summed E-state index contributed by atoms with van der Waals surface area (Å²) in [5.41, 5.74) is 7.48. The van der Waals surface area contributed by atoms with Gasteiger partial charge in [0.2, 0.25) is 0 Å². The molecule has 7 heteroatoms. The number of benzene rings is 2. The molecule has 7 nitrogen and oxygen atoms in total. The Kier molecular flexibility index (Phi) is 5.32. The highest BCUT2D eigenvalue weighted by molar-refractivity contribution is 6.04. The molecule has 2 amide bonds. The molecule has 136 valence electrons. The molecule has 0 unspecified atom stereocenters. The first-order chi connectivity index (χ1) is 13.1. The number of hydrogen-bond donors (Lipinski definition) is 3. The van der Waals surface area contributed by atoms with E-state index in [1.807, 2.05) is 0 Å². The summed E-state index contributed by atoms with van der Waals surface area (Å²) in [6, 6.07) is 17.1. The minimum absolute atomic E-state index is 0.292. The lowest BCUT2D eigenvalue weighted by Crippen LogP contribution is -2.14. The van der Waals surface area contributed by atoms with Gasteiger partial charge in [0.05, 0.1) is 18.4 Å². The first kappa shape index (κ1) is 17.9. The number of methoxy groups -OCH3 is 1. The van der Waals surface area contributed by atoms with Gasteiger partial charge >= 0.3 is 0 Å². The molecule has 0 aliphatic heterocycles. The third-order valence-corrected chi connectivity index (χ3v) is 3.83. The number of nitrogens with two attached hydrogens (primary N) is 1. The second-order valence-electron chi connectivity index (χ2n) is 5.65. The molecule has 0 bridgehead atoms. The Morgan fingerprint density at radius 3 is 2.48 bits per heavy atom. The van der Waals surface area contributed by atoms with Gasteiger partial charge in [-0.05, 0) is 42.5 Å². The lowest BCUT2D eigenvalue weighted by atomic mass is 10.1. The quantitative estimate of drug-likeness (QED) is 0.624. The van der Waals surface area contributed by atoms with Gasteiger partial charge in [-0.1, -0.05) is 12.1 Å². The molecule has 0 aliphatic carbocycles. The van der Waals surface area contributed by atoms with Crippen LogP contribution in [0.2, 0.25) is 0 Å². The zero-order valence-electron chi connectivity index (χ0n) is 14.6. The van der Waals surface area contributed by atoms with E-state index in [1.165, 1.54) is 0 Å². The standard InChI is InChI=1S/C20H18N4O3/c1-27-15-8-6-13(7-9-15)20(26)24-18-12-14(10-11-22-18)23-17-5-3-2-4-16(17)19(21)25/h2-12H,1H3,(H2,21,25)(H2,22,23,24,26). The average Bonchev–Trinajstić information content (AvgIpc) is 2.68. The molecule has 1 aromatic heterocycles. The van der Waals surface area contributed by atoms with Crippen LogP contribution in [-0.4, -0.2) is 23.9 Å². The van der Waals surface area contributed by atoms with Crippen LogP contribution in [-0.2, 0) is 0 Å². The summed E-state index contributed by atoms with van der Waals surface area (Å²) >= 11 is 0. The monoisotopic (exact) mass is 362 g/mol. The number of anilines is 3. The Morgan fingerprint density at radius 1 is 1.04 bits per heavy atom. The van der Waals surface area contributed by atoms with Gasteiger partial charge in [0.25, 0.3) is 11.8 Å². The van der Waals surface area contributed by atoms with Gasteiger partial charge in [-0.3, -0.25) is 9.59 Å². The van der Waals surface area contributed by atoms with Crippen molar-refractivity contribution in [2.75, 3.05) is 17.7 Å². The van der Waals surface area contributed by atoms with Crippen LogP contribution >= 0.6 is 0 Å². The first-order valence-electron chi connectivity index (χ1n) is 8.14. The summed E-state index contributed by atoms with van der Waals surface area (Å²) in [4.78, 5) is 28.0. The van der Waals surface area contributed by atoms with Crippen molar-refractivity contribution < 1.29 is 14.3 Å². The highest BCUT2D eigenvalue weighted by atomic mass is 16.5. The molecule has 4 N–H and O–H groups in total. The minimum atomic E-state index is -0.528. The molecule has 1 heterocycles. The molecular weight excluding hydrogens is 344 g/mol. The van der Waals surface area contributed by atoms with Crippen molar-refractivity contribution in [2.24, 2.45) is 5.73 Å². The number of primary amides is 1. The lowest BCUT2D eigenvalue weighted by Gasteiger charge is -2.11. The van der Waals surface area contributed by atoms with Gasteiger partial charge in [0, 0.05) is 23.5 Å². The predicted octanol–water partition coefficient (Wildman–Crippen LogP) is 3.19. The summed E-state index contributed by atoms with van der Waals surface area (Å²) in [5.74, 6) is 0.224. The zero-order valence-corrected chi connectivity index (χ0v) is 14.6. The second kappa shape index (κ2) is 8.01. The van der Waals surface area contributed by atoms with Crippen LogP contribution in [0.3, 0.4) is 0 Å². The topological polar surface area (TPSA) is 106 Å². The van der Waals surface area contributed by atoms with Crippen LogP contribution in [0.25, 0.3) is 0 Å². The van der Waals surface area contributed by atoms with Gasteiger partial charge in [-0.15, -0.1) is 0 Å². The highest BCUT2D eigenvalue weighted by Gasteiger charge is 2.10. The molecule has 2 aromatic carbocycles. The lowest BCUT2D eigenvalue weighted by molar-refractivity contribution is 0.0998. The van der Waals surface area contributed by atoms with Crippen molar-refractivity contribution in [1.82, 2.24) is 4.98 Å². The summed E-state index contributed by atoms with van der Waals surface area (Å²) in [6.07, 6.45) is 1.55. The molecule has 0 aliphatic rings. The number of hydrogen-bond acceptors (Lipinski definition) is 5. The number of amides is 2. The number of ether oxygens (including phenoxy) is 1. The van der Waals surface area contributed by atoms with Crippen LogP contribution in [0.4, 0.5) is 17.2 Å². The number of pyridine rings is 1. The smallest absolute Gasteiger partial charge is 0.256 e. The average molecular weight is 362 g/mol. The molecule has 0 spiro atoms. The SMILES string of the molecule is COc1ccc(C(=O)Nc2cc(Nc3ccccc3C(N)=O)ccn2)cc1. The number of carbonyl (C=O) groups is 2. The van der Waals surface area contributed by atoms with E-state index in [2.05, 4.69) is 15.6 Å². The molecule has 0 saturated heterocycles. The Labute approximate surface area is 156 Å². The van der Waals surface area contributed by atoms with E-state index in [-0.39, 0.29) is 5.91 Å². The van der Waals surface area contributed by atoms with E-state index >= 15 is 0 Å². The molecule has 0 fully saturated rings. The van der Waals surface area contributed by atoms with E-state index < -0.39 is 5.91 Å². The van der Waals surface area contributed by atoms with E-state index in [0.29, 0.717) is 34.1 Å². The van der Waals surface area contributed by atoms with Gasteiger partial charge in [0.15, 0.2) is 0 Å². The fourth-order valence-corrected chi connectivity index (χ4v) is 2.47. The van der Waals surface area contributed by atoms with Crippen molar-refractivity contribution >= 4 is 29.0 Å². The zero-order chi connectivity index (χ0) is 19.2. The largest absolute Gasteiger partial charge is 0.497 e. The summed E-state index contributed by atoms with van der Waals surface area (Å²) < 4.78 is 5.08. The third-order valence-electron chi connectivity index (χ3n) is 3.83. The summed E-state index contributed by atoms with van der Waals surface area (Å²) in [5, 5.41) is 5.85. The summed E-state index contributed by atoms with van der Waals surface area (Å²) in [6.45, 7) is 0. The number of para-hydroxylation sites is 1. The van der Waals surface area contributed by atoms with Crippen molar-refractivity contribution in [3.8, 4) is 5.75 Å². The highest BCUT2D eigenvalue weighted by Crippen LogP contribution is 2.22. The molecule has 0 saturated carbocycles. The third kappa shape index (κ3) is 4.40. The van der Waals surface area contributed by atoms with Crippen molar-refractivity contribution in [3.05, 3.63) is 78.0 Å². The van der Waals surface area contributed by atoms with Crippen LogP contribution in [0.1, 0.15) is 20.7 Å². The predicted molar refractivity (Wildman–Crippen MR) is 103 cm³/mol. The van der Waals surface area contributed by atoms with Crippen LogP contribution in [0, 0.1) is 0 Å². The van der Waals surface area contributed by atoms with Gasteiger partial charge in [-0.25, -0.2) is 4.98 Å². The Morgan fingerprint density at radius 2 is 1.78 bits per heavy atom. The number of nitrogens with zero attached hydrogens (tertiary/aromatic N) is 1. The maximum atomic E-state index is 12.4.